The van der Waals surface area contributed by atoms with Gasteiger partial charge in [0.1, 0.15) is 6.61 Å². The maximum atomic E-state index is 5.47. The first-order valence-electron chi connectivity index (χ1n) is 14.8. The van der Waals surface area contributed by atoms with E-state index in [2.05, 4.69) is 10.8 Å². The van der Waals surface area contributed by atoms with Crippen molar-refractivity contribution in [2.45, 2.75) is 0 Å². The van der Waals surface area contributed by atoms with Crippen molar-refractivity contribution in [3.05, 3.63) is 0 Å². The molecule has 0 saturated carbocycles. The fourth-order valence-electron chi connectivity index (χ4n) is 2.80. The molecule has 0 aromatic carbocycles. The summed E-state index contributed by atoms with van der Waals surface area (Å²) in [4.78, 5) is 2.08. The fourth-order valence-corrected chi connectivity index (χ4v) is 2.80. The first-order valence-corrected chi connectivity index (χ1v) is 14.8. The van der Waals surface area contributed by atoms with Crippen LogP contribution < -0.4 is 0 Å². The van der Waals surface area contributed by atoms with Crippen LogP contribution in [-0.4, -0.2) is 184 Å². The van der Waals surface area contributed by atoms with E-state index in [0.29, 0.717) is 159 Å². The average Bonchev–Trinajstić information content (AvgIpc) is 2.98. The lowest BCUT2D eigenvalue weighted by atomic mass is 10.6. The highest BCUT2D eigenvalue weighted by molar-refractivity contribution is 4.82. The van der Waals surface area contributed by atoms with Gasteiger partial charge in [0, 0.05) is 6.54 Å². The zero-order valence-corrected chi connectivity index (χ0v) is 26.1. The highest BCUT2D eigenvalue weighted by atomic mass is 16.6. The molecule has 0 spiro atoms. The standard InChI is InChI=1S/C29H57NO12/c1-4-6-31-8-10-33-12-14-35-16-18-37-20-22-39-24-26-41-28-29-42-27-25-40-23-21-38-19-17-36-15-13-34-11-9-32-7-5-30(2)3/h1H,5-29H2,2-3H3. The zero-order chi connectivity index (χ0) is 30.4. The van der Waals surface area contributed by atoms with E-state index in [9.17, 15) is 0 Å². The van der Waals surface area contributed by atoms with E-state index in [1.54, 1.807) is 0 Å². The summed E-state index contributed by atoms with van der Waals surface area (Å²) >= 11 is 0. The van der Waals surface area contributed by atoms with Crippen LogP contribution in [0.2, 0.25) is 0 Å². The predicted octanol–water partition coefficient (Wildman–Crippen LogP) is 0.380. The lowest BCUT2D eigenvalue weighted by Crippen LogP contribution is -2.19. The van der Waals surface area contributed by atoms with Crippen LogP contribution in [0.25, 0.3) is 0 Å². The molecule has 13 nitrogen and oxygen atoms in total. The Labute approximate surface area is 253 Å². The molecule has 0 aromatic rings. The second-order valence-corrected chi connectivity index (χ2v) is 8.80. The van der Waals surface area contributed by atoms with Gasteiger partial charge in [-0.2, -0.15) is 0 Å². The minimum atomic E-state index is 0.309. The number of ether oxygens (including phenoxy) is 12. The van der Waals surface area contributed by atoms with Crippen LogP contribution in [0.5, 0.6) is 0 Å². The molecule has 0 bridgehead atoms. The van der Waals surface area contributed by atoms with Crippen LogP contribution in [-0.2, 0) is 56.8 Å². The number of hydrogen-bond donors (Lipinski definition) is 0. The molecule has 0 atom stereocenters. The quantitative estimate of drug-likeness (QED) is 0.0713. The van der Waals surface area contributed by atoms with E-state index in [1.165, 1.54) is 0 Å². The molecule has 0 rings (SSSR count). The molecule has 0 aliphatic carbocycles. The Kier molecular flexibility index (Phi) is 37.2. The Hall–Kier alpha value is -0.960. The summed E-state index contributed by atoms with van der Waals surface area (Å²) < 4.78 is 64.9. The van der Waals surface area contributed by atoms with E-state index < -0.39 is 0 Å². The average molecular weight is 612 g/mol. The Morgan fingerprint density at radius 1 is 0.333 bits per heavy atom. The van der Waals surface area contributed by atoms with Crippen molar-refractivity contribution in [3.63, 3.8) is 0 Å². The van der Waals surface area contributed by atoms with Gasteiger partial charge in [0.2, 0.25) is 0 Å². The monoisotopic (exact) mass is 611 g/mol. The van der Waals surface area contributed by atoms with Crippen LogP contribution in [0.15, 0.2) is 0 Å². The summed E-state index contributed by atoms with van der Waals surface area (Å²) in [7, 11) is 4.04. The van der Waals surface area contributed by atoms with Crippen molar-refractivity contribution in [1.29, 1.82) is 0 Å². The lowest BCUT2D eigenvalue weighted by molar-refractivity contribution is -0.0282. The largest absolute Gasteiger partial charge is 0.378 e. The Bertz CT molecular complexity index is 539. The van der Waals surface area contributed by atoms with E-state index >= 15 is 0 Å². The Morgan fingerprint density at radius 2 is 0.524 bits per heavy atom. The maximum absolute atomic E-state index is 5.47. The third kappa shape index (κ3) is 39.0. The molecule has 0 aliphatic rings. The van der Waals surface area contributed by atoms with Crippen LogP contribution in [0.3, 0.4) is 0 Å². The summed E-state index contributed by atoms with van der Waals surface area (Å²) in [6.07, 6.45) is 5.08. The first kappa shape index (κ1) is 41.0. The minimum absolute atomic E-state index is 0.309. The molecule has 0 unspecified atom stereocenters. The van der Waals surface area contributed by atoms with Crippen molar-refractivity contribution < 1.29 is 56.8 Å². The SMILES string of the molecule is C#CCOCCOCCOCCOCCOCCOCCOCCOCCOCCOCCOCCOCCN(C)C. The second-order valence-electron chi connectivity index (χ2n) is 8.80. The van der Waals surface area contributed by atoms with Gasteiger partial charge in [-0.05, 0) is 14.1 Å². The Morgan fingerprint density at radius 3 is 0.714 bits per heavy atom. The van der Waals surface area contributed by atoms with E-state index in [0.717, 1.165) is 6.54 Å². The van der Waals surface area contributed by atoms with Gasteiger partial charge >= 0.3 is 0 Å². The highest BCUT2D eigenvalue weighted by Crippen LogP contribution is 1.87. The van der Waals surface area contributed by atoms with Gasteiger partial charge in [0.05, 0.1) is 152 Å². The normalized spacial score (nSPS) is 11.5. The number of rotatable bonds is 37. The third-order valence-electron chi connectivity index (χ3n) is 4.96. The molecule has 0 heterocycles. The number of likely N-dealkylation sites (N-methyl/N-ethyl adjacent to an activating group) is 1. The zero-order valence-electron chi connectivity index (χ0n) is 26.1. The third-order valence-corrected chi connectivity index (χ3v) is 4.96. The van der Waals surface area contributed by atoms with E-state index in [1.807, 2.05) is 14.1 Å². The van der Waals surface area contributed by atoms with E-state index in [4.69, 9.17) is 63.3 Å². The van der Waals surface area contributed by atoms with Gasteiger partial charge < -0.3 is 61.7 Å². The molecule has 0 aromatic heterocycles. The van der Waals surface area contributed by atoms with Crippen molar-refractivity contribution in [3.8, 4) is 12.3 Å². The molecule has 13 heteroatoms. The smallest absolute Gasteiger partial charge is 0.107 e. The van der Waals surface area contributed by atoms with Crippen molar-refractivity contribution in [2.75, 3.05) is 179 Å². The summed E-state index contributed by atoms with van der Waals surface area (Å²) in [6, 6.07) is 0. The molecule has 250 valence electrons. The van der Waals surface area contributed by atoms with Crippen LogP contribution in [0.1, 0.15) is 0 Å². The van der Waals surface area contributed by atoms with E-state index in [-0.39, 0.29) is 0 Å². The number of nitrogens with zero attached hydrogens (tertiary/aromatic N) is 1. The van der Waals surface area contributed by atoms with Crippen molar-refractivity contribution in [2.24, 2.45) is 0 Å². The lowest BCUT2D eigenvalue weighted by Gasteiger charge is -2.10. The second kappa shape index (κ2) is 38.1. The molecule has 0 N–H and O–H groups in total. The maximum Gasteiger partial charge on any atom is 0.107 e. The van der Waals surface area contributed by atoms with Gasteiger partial charge in [0.15, 0.2) is 0 Å². The summed E-state index contributed by atoms with van der Waals surface area (Å²) in [5, 5.41) is 0. The summed E-state index contributed by atoms with van der Waals surface area (Å²) in [5.74, 6) is 2.40. The van der Waals surface area contributed by atoms with Crippen LogP contribution in [0.4, 0.5) is 0 Å². The van der Waals surface area contributed by atoms with Crippen molar-refractivity contribution >= 4 is 0 Å². The minimum Gasteiger partial charge on any atom is -0.378 e. The molecular formula is C29H57NO12. The van der Waals surface area contributed by atoms with Gasteiger partial charge in [-0.15, -0.1) is 6.42 Å². The molecular weight excluding hydrogens is 554 g/mol. The molecule has 0 aliphatic heterocycles. The van der Waals surface area contributed by atoms with Gasteiger partial charge in [-0.25, -0.2) is 0 Å². The predicted molar refractivity (Wildman–Crippen MR) is 157 cm³/mol. The summed E-state index contributed by atoms with van der Waals surface area (Å²) in [6.45, 7) is 13.5. The Balaban J connectivity index is 3.03. The molecule has 0 radical (unpaired) electrons. The number of terminal acetylenes is 1. The van der Waals surface area contributed by atoms with Gasteiger partial charge in [0.25, 0.3) is 0 Å². The highest BCUT2D eigenvalue weighted by Gasteiger charge is 1.97. The fraction of sp³-hybridized carbons (Fsp3) is 0.931. The molecule has 0 fully saturated rings. The van der Waals surface area contributed by atoms with Crippen molar-refractivity contribution in [1.82, 2.24) is 4.90 Å². The van der Waals surface area contributed by atoms with Gasteiger partial charge in [-0.1, -0.05) is 5.92 Å². The number of hydrogen-bond acceptors (Lipinski definition) is 13. The first-order chi connectivity index (χ1) is 20.8. The molecule has 0 amide bonds. The topological polar surface area (TPSA) is 114 Å². The molecule has 42 heavy (non-hydrogen) atoms. The summed E-state index contributed by atoms with van der Waals surface area (Å²) in [5.41, 5.74) is 0. The van der Waals surface area contributed by atoms with Crippen LogP contribution in [0, 0.1) is 12.3 Å². The van der Waals surface area contributed by atoms with Gasteiger partial charge in [-0.3, -0.25) is 0 Å². The van der Waals surface area contributed by atoms with Crippen LogP contribution >= 0.6 is 0 Å². The molecule has 0 saturated heterocycles.